The van der Waals surface area contributed by atoms with E-state index in [1.807, 2.05) is 48.5 Å². The zero-order valence-electron chi connectivity index (χ0n) is 21.9. The molecule has 0 saturated carbocycles. The molecule has 2 unspecified atom stereocenters. The maximum absolute atomic E-state index is 11.4. The molecular formula is C29H36O8. The van der Waals surface area contributed by atoms with Crippen molar-refractivity contribution in [2.75, 3.05) is 26.4 Å². The summed E-state index contributed by atoms with van der Waals surface area (Å²) >= 11 is 0. The molecule has 0 aliphatic heterocycles. The first-order chi connectivity index (χ1) is 17.5. The molecule has 0 bridgehead atoms. The van der Waals surface area contributed by atoms with E-state index in [0.717, 1.165) is 11.1 Å². The van der Waals surface area contributed by atoms with Crippen molar-refractivity contribution in [1.29, 1.82) is 0 Å². The summed E-state index contributed by atoms with van der Waals surface area (Å²) in [4.78, 5) is 21.2. The van der Waals surface area contributed by atoms with Crippen LogP contribution in [-0.4, -0.2) is 54.8 Å². The summed E-state index contributed by atoms with van der Waals surface area (Å²) in [5, 5.41) is 19.9. The average molecular weight is 513 g/mol. The van der Waals surface area contributed by atoms with E-state index in [0.29, 0.717) is 17.3 Å². The molecule has 0 aromatic heterocycles. The molecule has 200 valence electrons. The molecule has 2 rings (SSSR count). The number of carbonyl (C=O) groups is 1. The predicted molar refractivity (Wildman–Crippen MR) is 139 cm³/mol. The van der Waals surface area contributed by atoms with Gasteiger partial charge in [-0.1, -0.05) is 57.0 Å². The van der Waals surface area contributed by atoms with Gasteiger partial charge in [0.25, 0.3) is 0 Å². The summed E-state index contributed by atoms with van der Waals surface area (Å²) in [6.45, 7) is 14.2. The van der Waals surface area contributed by atoms with Gasteiger partial charge in [0.1, 0.15) is 50.1 Å². The summed E-state index contributed by atoms with van der Waals surface area (Å²) in [5.41, 5.74) is 4.65. The highest BCUT2D eigenvalue weighted by Gasteiger charge is 2.23. The molecule has 0 heterocycles. The Bertz CT molecular complexity index is 1070. The molecule has 8 heteroatoms. The molecule has 0 aliphatic carbocycles. The zero-order valence-corrected chi connectivity index (χ0v) is 21.9. The van der Waals surface area contributed by atoms with Crippen molar-refractivity contribution in [3.8, 4) is 11.5 Å². The van der Waals surface area contributed by atoms with Gasteiger partial charge in [-0.2, -0.15) is 4.89 Å². The highest BCUT2D eigenvalue weighted by Crippen LogP contribution is 2.33. The summed E-state index contributed by atoms with van der Waals surface area (Å²) in [5.74, 6) is 1.05. The first-order valence-corrected chi connectivity index (χ1v) is 11.8. The van der Waals surface area contributed by atoms with E-state index in [4.69, 9.17) is 24.0 Å². The molecule has 0 aliphatic rings. The fourth-order valence-electron chi connectivity index (χ4n) is 3.11. The lowest BCUT2D eigenvalue weighted by Gasteiger charge is -2.26. The second-order valence-corrected chi connectivity index (χ2v) is 9.08. The number of ether oxygens (including phenoxy) is 3. The Hall–Kier alpha value is -3.55. The highest BCUT2D eigenvalue weighted by molar-refractivity contribution is 5.86. The molecule has 0 fully saturated rings. The van der Waals surface area contributed by atoms with Gasteiger partial charge in [0.15, 0.2) is 5.76 Å². The van der Waals surface area contributed by atoms with Crippen LogP contribution in [0, 0.1) is 0 Å². The van der Waals surface area contributed by atoms with E-state index in [1.54, 1.807) is 13.8 Å². The molecule has 0 spiro atoms. The van der Waals surface area contributed by atoms with Gasteiger partial charge in [-0.25, -0.2) is 4.79 Å². The standard InChI is InChI=1S/C29H36O8/c1-7-21(4)37-36-19-25(31)17-34-27-14-10-23(11-15-27)29(5,6)22-8-12-26(13-9-22)33-16-24(30)18-35-28(32)20(2)3/h8-15,24-25,30-31H,1-2,16-19H2,3-6H3. The predicted octanol–water partition coefficient (Wildman–Crippen LogP) is 4.25. The van der Waals surface area contributed by atoms with Gasteiger partial charge in [-0.05, 0) is 42.3 Å². The third kappa shape index (κ3) is 9.79. The Kier molecular flexibility index (Phi) is 11.4. The van der Waals surface area contributed by atoms with E-state index in [1.165, 1.54) is 0 Å². The quantitative estimate of drug-likeness (QED) is 0.0912. The molecule has 2 aromatic carbocycles. The van der Waals surface area contributed by atoms with Crippen LogP contribution < -0.4 is 9.47 Å². The molecule has 8 nitrogen and oxygen atoms in total. The third-order valence-corrected chi connectivity index (χ3v) is 5.49. The molecule has 0 amide bonds. The summed E-state index contributed by atoms with van der Waals surface area (Å²) < 4.78 is 16.2. The van der Waals surface area contributed by atoms with Crippen LogP contribution in [-0.2, 0) is 24.7 Å². The minimum absolute atomic E-state index is 0.00691. The SMILES string of the molecule is C=C=C(C)OOCC(O)COc1ccc(C(C)(C)c2ccc(OCC(O)COC(=O)C(=C)C)cc2)cc1. The van der Waals surface area contributed by atoms with Gasteiger partial charge in [0, 0.05) is 17.9 Å². The minimum Gasteiger partial charge on any atom is -0.491 e. The van der Waals surface area contributed by atoms with Crippen molar-refractivity contribution in [3.63, 3.8) is 0 Å². The van der Waals surface area contributed by atoms with E-state index < -0.39 is 18.2 Å². The van der Waals surface area contributed by atoms with Crippen molar-refractivity contribution in [2.45, 2.75) is 45.3 Å². The van der Waals surface area contributed by atoms with Crippen molar-refractivity contribution in [1.82, 2.24) is 0 Å². The Morgan fingerprint density at radius 1 is 0.865 bits per heavy atom. The van der Waals surface area contributed by atoms with Crippen LogP contribution in [0.5, 0.6) is 11.5 Å². The maximum atomic E-state index is 11.4. The van der Waals surface area contributed by atoms with E-state index >= 15 is 0 Å². The fraction of sp³-hybridized carbons (Fsp3) is 0.379. The van der Waals surface area contributed by atoms with Crippen molar-refractivity contribution in [3.05, 3.63) is 89.9 Å². The van der Waals surface area contributed by atoms with Crippen LogP contribution in [0.4, 0.5) is 0 Å². The number of benzene rings is 2. The third-order valence-electron chi connectivity index (χ3n) is 5.49. The number of carbonyl (C=O) groups excluding carboxylic acids is 1. The smallest absolute Gasteiger partial charge is 0.333 e. The summed E-state index contributed by atoms with van der Waals surface area (Å²) in [7, 11) is 0. The van der Waals surface area contributed by atoms with Crippen LogP contribution in [0.3, 0.4) is 0 Å². The second-order valence-electron chi connectivity index (χ2n) is 9.08. The van der Waals surface area contributed by atoms with Gasteiger partial charge < -0.3 is 29.3 Å². The van der Waals surface area contributed by atoms with Gasteiger partial charge in [-0.15, -0.1) is 0 Å². The van der Waals surface area contributed by atoms with E-state index in [2.05, 4.69) is 32.7 Å². The van der Waals surface area contributed by atoms with Crippen LogP contribution in [0.15, 0.2) is 78.8 Å². The van der Waals surface area contributed by atoms with Crippen LogP contribution >= 0.6 is 0 Å². The lowest BCUT2D eigenvalue weighted by molar-refractivity contribution is -0.275. The lowest BCUT2D eigenvalue weighted by atomic mass is 9.78. The van der Waals surface area contributed by atoms with Crippen LogP contribution in [0.25, 0.3) is 0 Å². The van der Waals surface area contributed by atoms with E-state index in [9.17, 15) is 15.0 Å². The summed E-state index contributed by atoms with van der Waals surface area (Å²) in [6.07, 6.45) is -1.80. The number of allylic oxidation sites excluding steroid dienone is 1. The molecule has 0 radical (unpaired) electrons. The number of aliphatic hydroxyl groups is 2. The lowest BCUT2D eigenvalue weighted by Crippen LogP contribution is -2.25. The van der Waals surface area contributed by atoms with Gasteiger partial charge in [-0.3, -0.25) is 0 Å². The molecule has 2 aromatic rings. The Morgan fingerprint density at radius 3 is 1.76 bits per heavy atom. The number of hydrogen-bond donors (Lipinski definition) is 2. The number of aliphatic hydroxyl groups excluding tert-OH is 2. The van der Waals surface area contributed by atoms with E-state index in [-0.39, 0.29) is 37.4 Å². The number of hydrogen-bond acceptors (Lipinski definition) is 8. The molecule has 0 saturated heterocycles. The van der Waals surface area contributed by atoms with Crippen LogP contribution in [0.1, 0.15) is 38.8 Å². The highest BCUT2D eigenvalue weighted by atomic mass is 17.2. The fourth-order valence-corrected chi connectivity index (χ4v) is 3.11. The second kappa shape index (κ2) is 14.3. The van der Waals surface area contributed by atoms with Crippen molar-refractivity contribution >= 4 is 5.97 Å². The first kappa shape index (κ1) is 29.7. The Morgan fingerprint density at radius 2 is 1.32 bits per heavy atom. The van der Waals surface area contributed by atoms with Gasteiger partial charge in [0.05, 0.1) is 0 Å². The van der Waals surface area contributed by atoms with Gasteiger partial charge >= 0.3 is 5.97 Å². The molecule has 37 heavy (non-hydrogen) atoms. The van der Waals surface area contributed by atoms with Crippen molar-refractivity contribution < 1.29 is 39.0 Å². The number of esters is 1. The zero-order chi connectivity index (χ0) is 27.4. The van der Waals surface area contributed by atoms with Crippen LogP contribution in [0.2, 0.25) is 0 Å². The maximum Gasteiger partial charge on any atom is 0.333 e. The number of rotatable bonds is 15. The minimum atomic E-state index is -0.944. The molecule has 2 N–H and O–H groups in total. The normalized spacial score (nSPS) is 12.6. The monoisotopic (exact) mass is 512 g/mol. The van der Waals surface area contributed by atoms with Crippen molar-refractivity contribution in [2.24, 2.45) is 0 Å². The summed E-state index contributed by atoms with van der Waals surface area (Å²) in [6, 6.07) is 15.3. The molecular weight excluding hydrogens is 476 g/mol. The Labute approximate surface area is 218 Å². The largest absolute Gasteiger partial charge is 0.491 e. The Balaban J connectivity index is 1.86. The average Bonchev–Trinajstić information content (AvgIpc) is 2.89. The topological polar surface area (TPSA) is 104 Å². The first-order valence-electron chi connectivity index (χ1n) is 11.8. The van der Waals surface area contributed by atoms with Gasteiger partial charge in [0.2, 0.25) is 0 Å². The molecule has 2 atom stereocenters.